The van der Waals surface area contributed by atoms with Gasteiger partial charge in [-0.1, -0.05) is 17.9 Å². The van der Waals surface area contributed by atoms with E-state index < -0.39 is 0 Å². The number of carbonyl (C=O) groups excluding carboxylic acids is 1. The van der Waals surface area contributed by atoms with Crippen LogP contribution in [0, 0.1) is 18.8 Å². The van der Waals surface area contributed by atoms with Crippen LogP contribution in [-0.2, 0) is 7.05 Å². The van der Waals surface area contributed by atoms with E-state index in [0.717, 1.165) is 11.1 Å². The number of amides is 1. The molecule has 20 heavy (non-hydrogen) atoms. The summed E-state index contributed by atoms with van der Waals surface area (Å²) < 4.78 is 1.62. The first-order chi connectivity index (χ1) is 9.61. The molecule has 0 aliphatic heterocycles. The van der Waals surface area contributed by atoms with Gasteiger partial charge in [-0.25, -0.2) is 0 Å². The number of benzene rings is 1. The summed E-state index contributed by atoms with van der Waals surface area (Å²) in [4.78, 5) is 12.2. The molecule has 0 aliphatic rings. The minimum Gasteiger partial charge on any atom is -0.384 e. The number of aryl methyl sites for hydroxylation is 1. The molecule has 0 fully saturated rings. The summed E-state index contributed by atoms with van der Waals surface area (Å²) in [5, 5.41) is 15.5. The van der Waals surface area contributed by atoms with Gasteiger partial charge in [-0.2, -0.15) is 5.10 Å². The molecule has 0 atom stereocenters. The van der Waals surface area contributed by atoms with Crippen molar-refractivity contribution in [3.05, 3.63) is 47.3 Å². The molecule has 0 saturated heterocycles. The largest absolute Gasteiger partial charge is 0.384 e. The fourth-order valence-electron chi connectivity index (χ4n) is 1.84. The van der Waals surface area contributed by atoms with Gasteiger partial charge in [0.25, 0.3) is 5.91 Å². The van der Waals surface area contributed by atoms with Crippen molar-refractivity contribution in [2.75, 3.05) is 11.9 Å². The van der Waals surface area contributed by atoms with Gasteiger partial charge >= 0.3 is 0 Å². The van der Waals surface area contributed by atoms with Crippen molar-refractivity contribution in [2.45, 2.75) is 6.92 Å². The van der Waals surface area contributed by atoms with E-state index in [1.165, 1.54) is 0 Å². The molecule has 0 spiro atoms. The van der Waals surface area contributed by atoms with E-state index in [-0.39, 0.29) is 12.5 Å². The molecule has 1 heterocycles. The number of aliphatic hydroxyl groups is 1. The molecule has 0 radical (unpaired) electrons. The highest BCUT2D eigenvalue weighted by Gasteiger charge is 2.11. The summed E-state index contributed by atoms with van der Waals surface area (Å²) in [5.41, 5.74) is 2.72. The van der Waals surface area contributed by atoms with Crippen LogP contribution < -0.4 is 5.32 Å². The predicted molar refractivity (Wildman–Crippen MR) is 76.3 cm³/mol. The third kappa shape index (κ3) is 3.05. The van der Waals surface area contributed by atoms with Gasteiger partial charge in [0.2, 0.25) is 0 Å². The van der Waals surface area contributed by atoms with Gasteiger partial charge in [0.05, 0.1) is 11.9 Å². The van der Waals surface area contributed by atoms with Crippen molar-refractivity contribution in [2.24, 2.45) is 7.05 Å². The second kappa shape index (κ2) is 6.04. The number of carbonyl (C=O) groups is 1. The normalized spacial score (nSPS) is 9.75. The smallest absolute Gasteiger partial charge is 0.256 e. The predicted octanol–water partition coefficient (Wildman–Crippen LogP) is 1.32. The molecule has 2 aromatic rings. The highest BCUT2D eigenvalue weighted by molar-refractivity contribution is 6.05. The topological polar surface area (TPSA) is 67.2 Å². The Labute approximate surface area is 117 Å². The van der Waals surface area contributed by atoms with Crippen LogP contribution in [0.15, 0.2) is 30.6 Å². The zero-order chi connectivity index (χ0) is 14.5. The van der Waals surface area contributed by atoms with Crippen LogP contribution in [-0.4, -0.2) is 27.4 Å². The third-order valence-corrected chi connectivity index (χ3v) is 2.84. The maximum absolute atomic E-state index is 12.2. The molecule has 102 valence electrons. The van der Waals surface area contributed by atoms with Crippen LogP contribution in [0.2, 0.25) is 0 Å². The summed E-state index contributed by atoms with van der Waals surface area (Å²) >= 11 is 0. The van der Waals surface area contributed by atoms with Gasteiger partial charge in [0, 0.05) is 24.4 Å². The number of aliphatic hydroxyl groups excluding tert-OH is 1. The number of nitrogens with one attached hydrogen (secondary N) is 1. The Morgan fingerprint density at radius 3 is 2.95 bits per heavy atom. The van der Waals surface area contributed by atoms with Crippen LogP contribution in [0.4, 0.5) is 5.69 Å². The molecule has 1 amide bonds. The lowest BCUT2D eigenvalue weighted by atomic mass is 10.0. The summed E-state index contributed by atoms with van der Waals surface area (Å²) in [7, 11) is 1.78. The molecule has 5 nitrogen and oxygen atoms in total. The maximum Gasteiger partial charge on any atom is 0.256 e. The summed E-state index contributed by atoms with van der Waals surface area (Å²) in [6, 6.07) is 5.33. The molecule has 2 N–H and O–H groups in total. The Morgan fingerprint density at radius 2 is 2.30 bits per heavy atom. The molecule has 0 saturated carbocycles. The Balaban J connectivity index is 2.26. The number of hydrogen-bond donors (Lipinski definition) is 2. The lowest BCUT2D eigenvalue weighted by molar-refractivity contribution is 0.102. The monoisotopic (exact) mass is 269 g/mol. The fourth-order valence-corrected chi connectivity index (χ4v) is 1.84. The van der Waals surface area contributed by atoms with Crippen molar-refractivity contribution < 1.29 is 9.90 Å². The van der Waals surface area contributed by atoms with E-state index in [9.17, 15) is 4.79 Å². The molecule has 1 aromatic heterocycles. The quantitative estimate of drug-likeness (QED) is 0.808. The summed E-state index contributed by atoms with van der Waals surface area (Å²) in [6.07, 6.45) is 3.31. The fraction of sp³-hybridized carbons (Fsp3) is 0.200. The van der Waals surface area contributed by atoms with Gasteiger partial charge < -0.3 is 10.4 Å². The lowest BCUT2D eigenvalue weighted by Crippen LogP contribution is -2.13. The van der Waals surface area contributed by atoms with E-state index in [2.05, 4.69) is 22.3 Å². The number of hydrogen-bond acceptors (Lipinski definition) is 3. The van der Waals surface area contributed by atoms with Crippen LogP contribution in [0.5, 0.6) is 0 Å². The first-order valence-corrected chi connectivity index (χ1v) is 6.11. The van der Waals surface area contributed by atoms with E-state index in [1.807, 2.05) is 13.0 Å². The number of nitrogens with zero attached hydrogens (tertiary/aromatic N) is 2. The second-order valence-corrected chi connectivity index (χ2v) is 4.29. The van der Waals surface area contributed by atoms with Crippen LogP contribution >= 0.6 is 0 Å². The molecule has 0 bridgehead atoms. The van der Waals surface area contributed by atoms with Crippen molar-refractivity contribution in [1.82, 2.24) is 9.78 Å². The Hall–Kier alpha value is -2.58. The van der Waals surface area contributed by atoms with Gasteiger partial charge in [-0.3, -0.25) is 9.48 Å². The highest BCUT2D eigenvalue weighted by atomic mass is 16.2. The molecular weight excluding hydrogens is 254 g/mol. The zero-order valence-corrected chi connectivity index (χ0v) is 11.3. The van der Waals surface area contributed by atoms with Gasteiger partial charge in [-0.15, -0.1) is 0 Å². The summed E-state index contributed by atoms with van der Waals surface area (Å²) in [6.45, 7) is 1.63. The number of aromatic nitrogens is 2. The number of anilines is 1. The van der Waals surface area contributed by atoms with Gasteiger partial charge in [0.1, 0.15) is 6.61 Å². The average Bonchev–Trinajstić information content (AvgIpc) is 2.83. The Bertz CT molecular complexity index is 693. The van der Waals surface area contributed by atoms with Crippen LogP contribution in [0.3, 0.4) is 0 Å². The van der Waals surface area contributed by atoms with Crippen LogP contribution in [0.1, 0.15) is 21.5 Å². The lowest BCUT2D eigenvalue weighted by Gasteiger charge is -2.07. The SMILES string of the molecule is Cc1c(C#CCO)cccc1C(=O)Nc1cnn(C)c1. The molecule has 0 aliphatic carbocycles. The molecule has 2 rings (SSSR count). The second-order valence-electron chi connectivity index (χ2n) is 4.29. The summed E-state index contributed by atoms with van der Waals surface area (Å²) in [5.74, 6) is 5.21. The van der Waals surface area contributed by atoms with Crippen molar-refractivity contribution >= 4 is 11.6 Å². The highest BCUT2D eigenvalue weighted by Crippen LogP contribution is 2.15. The van der Waals surface area contributed by atoms with Crippen molar-refractivity contribution in [3.63, 3.8) is 0 Å². The van der Waals surface area contributed by atoms with E-state index in [1.54, 1.807) is 36.3 Å². The standard InChI is InChI=1S/C15H15N3O2/c1-11-12(6-4-8-19)5-3-7-14(11)15(20)17-13-9-16-18(2)10-13/h3,5,7,9-10,19H,8H2,1-2H3,(H,17,20). The van der Waals surface area contributed by atoms with Gasteiger partial charge in [0.15, 0.2) is 0 Å². The first kappa shape index (κ1) is 13.8. The molecule has 1 aromatic carbocycles. The Kier molecular flexibility index (Phi) is 4.18. The number of rotatable bonds is 2. The molecule has 5 heteroatoms. The van der Waals surface area contributed by atoms with Crippen LogP contribution in [0.25, 0.3) is 0 Å². The Morgan fingerprint density at radius 1 is 1.50 bits per heavy atom. The van der Waals surface area contributed by atoms with Crippen molar-refractivity contribution in [3.8, 4) is 11.8 Å². The molecule has 0 unspecified atom stereocenters. The van der Waals surface area contributed by atoms with E-state index in [0.29, 0.717) is 11.3 Å². The first-order valence-electron chi connectivity index (χ1n) is 6.11. The zero-order valence-electron chi connectivity index (χ0n) is 11.3. The van der Waals surface area contributed by atoms with Crippen molar-refractivity contribution in [1.29, 1.82) is 0 Å². The minimum atomic E-state index is -0.205. The molecular formula is C15H15N3O2. The maximum atomic E-state index is 12.2. The third-order valence-electron chi connectivity index (χ3n) is 2.84. The minimum absolute atomic E-state index is 0.203. The average molecular weight is 269 g/mol. The van der Waals surface area contributed by atoms with E-state index in [4.69, 9.17) is 5.11 Å². The van der Waals surface area contributed by atoms with Gasteiger partial charge in [-0.05, 0) is 24.6 Å². The van der Waals surface area contributed by atoms with E-state index >= 15 is 0 Å².